The number of anilines is 1. The zero-order valence-corrected chi connectivity index (χ0v) is 22.2. The first-order valence-electron chi connectivity index (χ1n) is 10.4. The van der Waals surface area contributed by atoms with Crippen LogP contribution in [-0.2, 0) is 4.43 Å². The average molecular weight is 504 g/mol. The fourth-order valence-corrected chi connectivity index (χ4v) is 5.39. The molecule has 0 aliphatic rings. The Bertz CT molecular complexity index is 1040. The summed E-state index contributed by atoms with van der Waals surface area (Å²) in [4.78, 5) is 15.3. The van der Waals surface area contributed by atoms with Crippen molar-refractivity contribution in [2.24, 2.45) is 0 Å². The van der Waals surface area contributed by atoms with Crippen LogP contribution in [0.15, 0.2) is 30.6 Å². The van der Waals surface area contributed by atoms with Crippen molar-refractivity contribution in [3.8, 4) is 5.75 Å². The van der Waals surface area contributed by atoms with E-state index in [1.54, 1.807) is 0 Å². The Morgan fingerprint density at radius 2 is 1.77 bits per heavy atom. The molecule has 0 radical (unpaired) electrons. The predicted octanol–water partition coefficient (Wildman–Crippen LogP) is 4.72. The predicted molar refractivity (Wildman–Crippen MR) is 133 cm³/mol. The molecule has 2 aromatic heterocycles. The molecule has 0 amide bonds. The van der Waals surface area contributed by atoms with Gasteiger partial charge in [-0.05, 0) is 0 Å². The number of benzene rings is 1. The average Bonchev–Trinajstić information content (AvgIpc) is 3.11. The van der Waals surface area contributed by atoms with Crippen LogP contribution in [0.4, 0.5) is 5.95 Å². The SMILES string of the molecule is CN(C)c1ncc(/C=C/c2nc3cc(OCCO[Si](C)(C)C(C)(C)C)ccc3[se]2)cn1. The van der Waals surface area contributed by atoms with Gasteiger partial charge in [0.05, 0.1) is 0 Å². The monoisotopic (exact) mass is 504 g/mol. The minimum atomic E-state index is -1.73. The van der Waals surface area contributed by atoms with Crippen molar-refractivity contribution in [3.05, 3.63) is 40.7 Å². The first kappa shape index (κ1) is 23.7. The molecule has 0 saturated heterocycles. The quantitative estimate of drug-likeness (QED) is 0.328. The summed E-state index contributed by atoms with van der Waals surface area (Å²) >= 11 is 0.195. The van der Waals surface area contributed by atoms with Gasteiger partial charge < -0.3 is 0 Å². The molecule has 0 aliphatic carbocycles. The van der Waals surface area contributed by atoms with E-state index in [1.165, 1.54) is 4.26 Å². The van der Waals surface area contributed by atoms with E-state index in [9.17, 15) is 0 Å². The van der Waals surface area contributed by atoms with Gasteiger partial charge in [-0.25, -0.2) is 0 Å². The van der Waals surface area contributed by atoms with Gasteiger partial charge in [0.15, 0.2) is 0 Å². The molecule has 1 aromatic carbocycles. The molecule has 0 fully saturated rings. The summed E-state index contributed by atoms with van der Waals surface area (Å²) in [5.41, 5.74) is 1.97. The summed E-state index contributed by atoms with van der Waals surface area (Å²) < 4.78 is 14.5. The summed E-state index contributed by atoms with van der Waals surface area (Å²) in [7, 11) is 2.12. The Morgan fingerprint density at radius 3 is 2.42 bits per heavy atom. The van der Waals surface area contributed by atoms with E-state index in [0.717, 1.165) is 21.4 Å². The number of hydrogen-bond donors (Lipinski definition) is 0. The fraction of sp³-hybridized carbons (Fsp3) is 0.435. The molecule has 3 rings (SSSR count). The van der Waals surface area contributed by atoms with Crippen LogP contribution in [0.3, 0.4) is 0 Å². The van der Waals surface area contributed by atoms with Crippen molar-refractivity contribution >= 4 is 50.7 Å². The molecule has 0 saturated carbocycles. The van der Waals surface area contributed by atoms with Gasteiger partial charge in [-0.1, -0.05) is 0 Å². The van der Waals surface area contributed by atoms with Crippen molar-refractivity contribution in [2.75, 3.05) is 32.2 Å². The van der Waals surface area contributed by atoms with E-state index in [4.69, 9.17) is 14.1 Å². The summed E-state index contributed by atoms with van der Waals surface area (Å²) in [6.45, 7) is 12.4. The molecule has 0 aliphatic heterocycles. The van der Waals surface area contributed by atoms with Crippen molar-refractivity contribution in [2.45, 2.75) is 38.9 Å². The van der Waals surface area contributed by atoms with Crippen LogP contribution in [0.5, 0.6) is 5.75 Å². The third kappa shape index (κ3) is 6.26. The van der Waals surface area contributed by atoms with E-state index in [0.29, 0.717) is 19.2 Å². The molecule has 31 heavy (non-hydrogen) atoms. The molecular weight excluding hydrogens is 471 g/mol. The van der Waals surface area contributed by atoms with Crippen LogP contribution >= 0.6 is 0 Å². The van der Waals surface area contributed by atoms with Crippen molar-refractivity contribution in [1.82, 2.24) is 15.0 Å². The van der Waals surface area contributed by atoms with Crippen molar-refractivity contribution < 1.29 is 9.16 Å². The maximum absolute atomic E-state index is 6.19. The van der Waals surface area contributed by atoms with Gasteiger partial charge in [0.1, 0.15) is 0 Å². The number of fused-ring (bicyclic) bond motifs is 1. The summed E-state index contributed by atoms with van der Waals surface area (Å²) in [6.07, 6.45) is 7.72. The zero-order chi connectivity index (χ0) is 22.6. The standard InChI is InChI=1S/C23H32N4O2SeSi/c1-23(2,3)31(6,7)29-13-12-28-18-9-10-20-19(14-18)26-21(30-20)11-8-17-15-24-22(25-16-17)27(4)5/h8-11,14-16H,12-13H2,1-7H3/b11-8+. The molecule has 0 spiro atoms. The second-order valence-electron chi connectivity index (χ2n) is 9.18. The summed E-state index contributed by atoms with van der Waals surface area (Å²) in [6, 6.07) is 6.18. The molecule has 2 heterocycles. The van der Waals surface area contributed by atoms with Crippen LogP contribution in [0, 0.1) is 0 Å². The molecule has 3 aromatic rings. The first-order valence-corrected chi connectivity index (χ1v) is 15.0. The van der Waals surface area contributed by atoms with Crippen LogP contribution in [0.1, 0.15) is 30.9 Å². The molecular formula is C23H32N4O2SeSi. The Morgan fingerprint density at radius 1 is 1.06 bits per heavy atom. The Balaban J connectivity index is 1.59. The third-order valence-electron chi connectivity index (χ3n) is 5.47. The maximum atomic E-state index is 6.19. The molecule has 0 bridgehead atoms. The van der Waals surface area contributed by atoms with Crippen LogP contribution in [-0.4, -0.2) is 65.1 Å². The topological polar surface area (TPSA) is 60.4 Å². The van der Waals surface area contributed by atoms with Gasteiger partial charge in [0, 0.05) is 0 Å². The fourth-order valence-electron chi connectivity index (χ4n) is 2.57. The minimum absolute atomic E-state index is 0.195. The van der Waals surface area contributed by atoms with Gasteiger partial charge in [-0.3, -0.25) is 0 Å². The van der Waals surface area contributed by atoms with Crippen LogP contribution < -0.4 is 9.64 Å². The van der Waals surface area contributed by atoms with Gasteiger partial charge in [-0.15, -0.1) is 0 Å². The van der Waals surface area contributed by atoms with Gasteiger partial charge in [-0.2, -0.15) is 0 Å². The molecule has 6 nitrogen and oxygen atoms in total. The van der Waals surface area contributed by atoms with E-state index in [-0.39, 0.29) is 19.5 Å². The number of nitrogens with zero attached hydrogens (tertiary/aromatic N) is 4. The van der Waals surface area contributed by atoms with E-state index >= 15 is 0 Å². The van der Waals surface area contributed by atoms with Crippen LogP contribution in [0.2, 0.25) is 18.1 Å². The van der Waals surface area contributed by atoms with Gasteiger partial charge in [0.25, 0.3) is 0 Å². The molecule has 166 valence electrons. The Kier molecular flexibility index (Phi) is 7.37. The summed E-state index contributed by atoms with van der Waals surface area (Å²) in [5.74, 6) is 1.55. The molecule has 8 heteroatoms. The van der Waals surface area contributed by atoms with Crippen molar-refractivity contribution in [1.29, 1.82) is 0 Å². The second kappa shape index (κ2) is 9.65. The number of rotatable bonds is 8. The second-order valence-corrected chi connectivity index (χ2v) is 16.2. The van der Waals surface area contributed by atoms with Gasteiger partial charge in [0.2, 0.25) is 0 Å². The Hall–Kier alpha value is -1.99. The number of ether oxygens (including phenoxy) is 1. The van der Waals surface area contributed by atoms with Crippen molar-refractivity contribution in [3.63, 3.8) is 0 Å². The van der Waals surface area contributed by atoms with Crippen LogP contribution in [0.25, 0.3) is 21.9 Å². The number of aromatic nitrogens is 3. The summed E-state index contributed by atoms with van der Waals surface area (Å²) in [5, 5.41) is 0.210. The third-order valence-corrected chi connectivity index (χ3v) is 12.1. The molecule has 0 N–H and O–H groups in total. The van der Waals surface area contributed by atoms with Gasteiger partial charge >= 0.3 is 192 Å². The normalized spacial score (nSPS) is 12.6. The Labute approximate surface area is 192 Å². The first-order chi connectivity index (χ1) is 14.5. The van der Waals surface area contributed by atoms with E-state index in [1.807, 2.05) is 49.6 Å². The van der Waals surface area contributed by atoms with E-state index in [2.05, 4.69) is 56.0 Å². The molecule has 0 unspecified atom stereocenters. The van der Waals surface area contributed by atoms with E-state index < -0.39 is 8.32 Å². The number of hydrogen-bond acceptors (Lipinski definition) is 6. The zero-order valence-electron chi connectivity index (χ0n) is 19.5. The molecule has 0 atom stereocenters.